The van der Waals surface area contributed by atoms with Crippen molar-refractivity contribution in [2.75, 3.05) is 26.3 Å². The number of hydrogen-bond acceptors (Lipinski definition) is 4. The number of nitrogens with two attached hydrogens (primary N) is 1. The van der Waals surface area contributed by atoms with Gasteiger partial charge in [0, 0.05) is 24.7 Å². The normalized spacial score (nSPS) is 18.8. The number of carbonyl (C=O) groups excluding carboxylic acids is 1. The first kappa shape index (κ1) is 22.9. The van der Waals surface area contributed by atoms with Crippen molar-refractivity contribution in [3.63, 3.8) is 0 Å². The van der Waals surface area contributed by atoms with Crippen LogP contribution in [0.1, 0.15) is 50.9 Å². The Balaban J connectivity index is 0.00000338. The molecular formula is C19H30Cl2N2O3. The maximum atomic E-state index is 13.0. The summed E-state index contributed by atoms with van der Waals surface area (Å²) >= 11 is 6.37. The van der Waals surface area contributed by atoms with Crippen LogP contribution in [0.4, 0.5) is 0 Å². The van der Waals surface area contributed by atoms with E-state index in [0.717, 1.165) is 12.8 Å². The fourth-order valence-electron chi connectivity index (χ4n) is 3.03. The summed E-state index contributed by atoms with van der Waals surface area (Å²) in [5.41, 5.74) is 6.58. The minimum Gasteiger partial charge on any atom is -0.490 e. The van der Waals surface area contributed by atoms with Gasteiger partial charge in [0.05, 0.1) is 18.2 Å². The zero-order valence-electron chi connectivity index (χ0n) is 16.0. The van der Waals surface area contributed by atoms with Crippen LogP contribution in [0.25, 0.3) is 0 Å². The van der Waals surface area contributed by atoms with Gasteiger partial charge >= 0.3 is 0 Å². The van der Waals surface area contributed by atoms with Crippen molar-refractivity contribution in [1.29, 1.82) is 0 Å². The number of carbonyl (C=O) groups is 1. The molecule has 1 aromatic rings. The van der Waals surface area contributed by atoms with Crippen LogP contribution in [-0.4, -0.2) is 43.2 Å². The van der Waals surface area contributed by atoms with Crippen LogP contribution in [0, 0.1) is 5.41 Å². The summed E-state index contributed by atoms with van der Waals surface area (Å²) < 4.78 is 11.3. The highest BCUT2D eigenvalue weighted by molar-refractivity contribution is 6.32. The Morgan fingerprint density at radius 2 is 2.04 bits per heavy atom. The van der Waals surface area contributed by atoms with E-state index in [1.807, 2.05) is 18.7 Å². The van der Waals surface area contributed by atoms with E-state index in [1.165, 1.54) is 0 Å². The van der Waals surface area contributed by atoms with E-state index in [1.54, 1.807) is 12.1 Å². The van der Waals surface area contributed by atoms with Crippen molar-refractivity contribution in [3.8, 4) is 11.5 Å². The lowest BCUT2D eigenvalue weighted by atomic mass is 9.79. The lowest BCUT2D eigenvalue weighted by Crippen LogP contribution is -2.54. The second-order valence-corrected chi connectivity index (χ2v) is 7.58. The third-order valence-electron chi connectivity index (χ3n) is 4.61. The Morgan fingerprint density at radius 3 is 2.62 bits per heavy atom. The Morgan fingerprint density at radius 1 is 1.35 bits per heavy atom. The van der Waals surface area contributed by atoms with Gasteiger partial charge in [0.1, 0.15) is 0 Å². The molecule has 0 aromatic heterocycles. The molecule has 1 heterocycles. The summed E-state index contributed by atoms with van der Waals surface area (Å²) in [6.07, 6.45) is 1.66. The predicted molar refractivity (Wildman–Crippen MR) is 108 cm³/mol. The number of halogens is 2. The van der Waals surface area contributed by atoms with Crippen LogP contribution in [0.5, 0.6) is 11.5 Å². The van der Waals surface area contributed by atoms with Crippen molar-refractivity contribution in [2.45, 2.75) is 46.6 Å². The summed E-state index contributed by atoms with van der Waals surface area (Å²) in [4.78, 5) is 14.8. The first-order chi connectivity index (χ1) is 11.8. The minimum absolute atomic E-state index is 0. The molecule has 148 valence electrons. The monoisotopic (exact) mass is 404 g/mol. The maximum absolute atomic E-state index is 13.0. The standard InChI is InChI=1S/C19H29ClN2O3.ClH/c1-5-9-25-17-14(20)10-13(11-15(17)24-6-2)18(23)22-8-7-16(21)19(3,4)12-22;/h10-11,16H,5-9,12,21H2,1-4H3;1H. The molecule has 7 heteroatoms. The lowest BCUT2D eigenvalue weighted by Gasteiger charge is -2.42. The molecular weight excluding hydrogens is 375 g/mol. The van der Waals surface area contributed by atoms with Gasteiger partial charge < -0.3 is 20.1 Å². The first-order valence-corrected chi connectivity index (χ1v) is 9.32. The van der Waals surface area contributed by atoms with Crippen LogP contribution in [-0.2, 0) is 0 Å². The number of hydrogen-bond donors (Lipinski definition) is 1. The van der Waals surface area contributed by atoms with E-state index < -0.39 is 0 Å². The molecule has 1 aliphatic heterocycles. The van der Waals surface area contributed by atoms with Crippen LogP contribution in [0.3, 0.4) is 0 Å². The second kappa shape index (κ2) is 9.67. The van der Waals surface area contributed by atoms with E-state index in [9.17, 15) is 4.79 Å². The molecule has 0 radical (unpaired) electrons. The SMILES string of the molecule is CCCOc1c(Cl)cc(C(=O)N2CCC(N)C(C)(C)C2)cc1OCC.Cl. The van der Waals surface area contributed by atoms with Crippen LogP contribution in [0.15, 0.2) is 12.1 Å². The molecule has 5 nitrogen and oxygen atoms in total. The van der Waals surface area contributed by atoms with E-state index in [-0.39, 0.29) is 29.8 Å². The van der Waals surface area contributed by atoms with Crippen molar-refractivity contribution in [2.24, 2.45) is 11.1 Å². The molecule has 1 unspecified atom stereocenters. The molecule has 26 heavy (non-hydrogen) atoms. The summed E-state index contributed by atoms with van der Waals surface area (Å²) in [7, 11) is 0. The van der Waals surface area contributed by atoms with Crippen molar-refractivity contribution < 1.29 is 14.3 Å². The summed E-state index contributed by atoms with van der Waals surface area (Å²) in [5.74, 6) is 0.965. The van der Waals surface area contributed by atoms with Gasteiger partial charge in [0.2, 0.25) is 0 Å². The highest BCUT2D eigenvalue weighted by Gasteiger charge is 2.35. The number of likely N-dealkylation sites (tertiary alicyclic amines) is 1. The number of benzene rings is 1. The first-order valence-electron chi connectivity index (χ1n) is 8.94. The highest BCUT2D eigenvalue weighted by Crippen LogP contribution is 2.38. The second-order valence-electron chi connectivity index (χ2n) is 7.18. The molecule has 2 rings (SSSR count). The van der Waals surface area contributed by atoms with E-state index >= 15 is 0 Å². The zero-order valence-corrected chi connectivity index (χ0v) is 17.6. The average molecular weight is 405 g/mol. The van der Waals surface area contributed by atoms with Crippen molar-refractivity contribution in [3.05, 3.63) is 22.7 Å². The fourth-order valence-corrected chi connectivity index (χ4v) is 3.29. The summed E-state index contributed by atoms with van der Waals surface area (Å²) in [6.45, 7) is 10.4. The highest BCUT2D eigenvalue weighted by atomic mass is 35.5. The lowest BCUT2D eigenvalue weighted by molar-refractivity contribution is 0.0532. The molecule has 1 saturated heterocycles. The Bertz CT molecular complexity index is 623. The summed E-state index contributed by atoms with van der Waals surface area (Å²) in [6, 6.07) is 3.49. The van der Waals surface area contributed by atoms with Gasteiger partial charge in [-0.15, -0.1) is 12.4 Å². The molecule has 0 aliphatic carbocycles. The molecule has 1 fully saturated rings. The smallest absolute Gasteiger partial charge is 0.254 e. The van der Waals surface area contributed by atoms with Crippen molar-refractivity contribution in [1.82, 2.24) is 4.90 Å². The Kier molecular flexibility index (Phi) is 8.51. The van der Waals surface area contributed by atoms with Gasteiger partial charge in [0.25, 0.3) is 5.91 Å². The van der Waals surface area contributed by atoms with E-state index in [4.69, 9.17) is 26.8 Å². The van der Waals surface area contributed by atoms with Crippen molar-refractivity contribution >= 4 is 29.9 Å². The van der Waals surface area contributed by atoms with Crippen LogP contribution < -0.4 is 15.2 Å². The summed E-state index contributed by atoms with van der Waals surface area (Å²) in [5, 5.41) is 0.399. The number of ether oxygens (including phenoxy) is 2. The topological polar surface area (TPSA) is 64.8 Å². The third-order valence-corrected chi connectivity index (χ3v) is 4.89. The average Bonchev–Trinajstić information content (AvgIpc) is 2.56. The number of amides is 1. The van der Waals surface area contributed by atoms with Gasteiger partial charge in [-0.3, -0.25) is 4.79 Å². The number of nitrogens with zero attached hydrogens (tertiary/aromatic N) is 1. The van der Waals surface area contributed by atoms with Crippen LogP contribution >= 0.6 is 24.0 Å². The predicted octanol–water partition coefficient (Wildman–Crippen LogP) is 4.15. The minimum atomic E-state index is -0.107. The molecule has 1 aromatic carbocycles. The van der Waals surface area contributed by atoms with E-state index in [2.05, 4.69) is 13.8 Å². The fraction of sp³-hybridized carbons (Fsp3) is 0.632. The Labute approximate surface area is 167 Å². The molecule has 1 atom stereocenters. The molecule has 1 amide bonds. The molecule has 0 bridgehead atoms. The largest absolute Gasteiger partial charge is 0.490 e. The molecule has 1 aliphatic rings. The Hall–Kier alpha value is -1.17. The van der Waals surface area contributed by atoms with Gasteiger partial charge in [-0.1, -0.05) is 32.4 Å². The molecule has 0 saturated carbocycles. The number of piperidine rings is 1. The van der Waals surface area contributed by atoms with Gasteiger partial charge in [-0.05, 0) is 37.3 Å². The van der Waals surface area contributed by atoms with Gasteiger partial charge in [-0.2, -0.15) is 0 Å². The quantitative estimate of drug-likeness (QED) is 0.772. The van der Waals surface area contributed by atoms with E-state index in [0.29, 0.717) is 48.4 Å². The zero-order chi connectivity index (χ0) is 18.6. The molecule has 2 N–H and O–H groups in total. The number of rotatable bonds is 6. The van der Waals surface area contributed by atoms with Crippen LogP contribution in [0.2, 0.25) is 5.02 Å². The van der Waals surface area contributed by atoms with Gasteiger partial charge in [0.15, 0.2) is 11.5 Å². The third kappa shape index (κ3) is 5.18. The molecule has 0 spiro atoms. The van der Waals surface area contributed by atoms with Gasteiger partial charge in [-0.25, -0.2) is 0 Å². The maximum Gasteiger partial charge on any atom is 0.254 e.